The van der Waals surface area contributed by atoms with E-state index in [2.05, 4.69) is 5.32 Å². The smallest absolute Gasteiger partial charge is 0.0681 e. The first-order valence-electron chi connectivity index (χ1n) is 2.71. The molecular formula is C5H10NO. The summed E-state index contributed by atoms with van der Waals surface area (Å²) < 4.78 is 0. The van der Waals surface area contributed by atoms with Gasteiger partial charge in [0.1, 0.15) is 0 Å². The monoisotopic (exact) mass is 100 g/mol. The van der Waals surface area contributed by atoms with E-state index in [1.54, 1.807) is 0 Å². The number of aliphatic hydroxyl groups is 1. The standard InChI is InChI=1S/C5H10NO/c7-5-2-1-3-6-4-5/h5,7H,1-4H2/t5-/m1/s1. The van der Waals surface area contributed by atoms with Gasteiger partial charge in [-0.2, -0.15) is 0 Å². The first-order valence-corrected chi connectivity index (χ1v) is 2.71. The molecule has 1 saturated heterocycles. The number of piperidine rings is 1. The Kier molecular flexibility index (Phi) is 1.65. The lowest BCUT2D eigenvalue weighted by atomic mass is 10.1. The lowest BCUT2D eigenvalue weighted by Crippen LogP contribution is -2.27. The quantitative estimate of drug-likeness (QED) is 0.447. The van der Waals surface area contributed by atoms with Crippen LogP contribution in [0.4, 0.5) is 0 Å². The van der Waals surface area contributed by atoms with Crippen LogP contribution in [0.5, 0.6) is 0 Å². The van der Waals surface area contributed by atoms with Crippen molar-refractivity contribution in [3.63, 3.8) is 0 Å². The fraction of sp³-hybridized carbons (Fsp3) is 1.00. The normalized spacial score (nSPS) is 33.0. The van der Waals surface area contributed by atoms with Crippen molar-refractivity contribution < 1.29 is 5.11 Å². The van der Waals surface area contributed by atoms with E-state index in [4.69, 9.17) is 5.11 Å². The lowest BCUT2D eigenvalue weighted by Gasteiger charge is -2.14. The first kappa shape index (κ1) is 5.06. The molecule has 1 heterocycles. The summed E-state index contributed by atoms with van der Waals surface area (Å²) in [6.07, 6.45) is 1.89. The molecule has 0 aliphatic carbocycles. The van der Waals surface area contributed by atoms with Crippen molar-refractivity contribution in [3.8, 4) is 0 Å². The second-order valence-corrected chi connectivity index (χ2v) is 1.93. The Labute approximate surface area is 43.5 Å². The van der Waals surface area contributed by atoms with Gasteiger partial charge < -0.3 is 5.11 Å². The van der Waals surface area contributed by atoms with Crippen LogP contribution in [0, 0.1) is 0 Å². The Bertz CT molecular complexity index is 50.0. The molecule has 41 valence electrons. The molecule has 2 heteroatoms. The van der Waals surface area contributed by atoms with Crippen LogP contribution >= 0.6 is 0 Å². The van der Waals surface area contributed by atoms with Gasteiger partial charge >= 0.3 is 0 Å². The zero-order valence-corrected chi connectivity index (χ0v) is 4.30. The topological polar surface area (TPSA) is 34.3 Å². The second-order valence-electron chi connectivity index (χ2n) is 1.93. The largest absolute Gasteiger partial charge is 0.392 e. The minimum atomic E-state index is -0.131. The lowest BCUT2D eigenvalue weighted by molar-refractivity contribution is 0.141. The summed E-state index contributed by atoms with van der Waals surface area (Å²) in [6, 6.07) is 0. The molecule has 1 fully saturated rings. The van der Waals surface area contributed by atoms with Gasteiger partial charge in [-0.15, -0.1) is 0 Å². The summed E-state index contributed by atoms with van der Waals surface area (Å²) in [5.41, 5.74) is 0. The van der Waals surface area contributed by atoms with Gasteiger partial charge in [0.05, 0.1) is 6.10 Å². The van der Waals surface area contributed by atoms with E-state index in [1.165, 1.54) is 0 Å². The van der Waals surface area contributed by atoms with E-state index in [9.17, 15) is 0 Å². The van der Waals surface area contributed by atoms with Gasteiger partial charge in [0.2, 0.25) is 0 Å². The van der Waals surface area contributed by atoms with Crippen molar-refractivity contribution in [1.82, 2.24) is 5.32 Å². The predicted octanol–water partition coefficient (Wildman–Crippen LogP) is -0.254. The maximum absolute atomic E-state index is 8.82. The SMILES string of the molecule is O[C@@H]1CCC[N]C1. The molecule has 1 radical (unpaired) electrons. The summed E-state index contributed by atoms with van der Waals surface area (Å²) in [7, 11) is 0. The minimum absolute atomic E-state index is 0.131. The molecule has 0 aromatic carbocycles. The van der Waals surface area contributed by atoms with Crippen molar-refractivity contribution in [1.29, 1.82) is 0 Å². The van der Waals surface area contributed by atoms with Crippen molar-refractivity contribution in [2.75, 3.05) is 13.1 Å². The third-order valence-electron chi connectivity index (χ3n) is 1.19. The summed E-state index contributed by atoms with van der Waals surface area (Å²) in [6.45, 7) is 1.62. The van der Waals surface area contributed by atoms with Crippen LogP contribution in [0.2, 0.25) is 0 Å². The molecule has 1 aliphatic heterocycles. The Morgan fingerprint density at radius 2 is 2.43 bits per heavy atom. The van der Waals surface area contributed by atoms with Crippen molar-refractivity contribution in [2.45, 2.75) is 18.9 Å². The fourth-order valence-electron chi connectivity index (χ4n) is 0.770. The van der Waals surface area contributed by atoms with Crippen LogP contribution in [0.1, 0.15) is 12.8 Å². The molecule has 1 N–H and O–H groups in total. The van der Waals surface area contributed by atoms with E-state index < -0.39 is 0 Å². The molecule has 0 aromatic heterocycles. The van der Waals surface area contributed by atoms with E-state index in [0.717, 1.165) is 19.4 Å². The molecule has 0 saturated carbocycles. The van der Waals surface area contributed by atoms with E-state index >= 15 is 0 Å². The summed E-state index contributed by atoms with van der Waals surface area (Å²) in [5, 5.41) is 12.8. The fourth-order valence-corrected chi connectivity index (χ4v) is 0.770. The van der Waals surface area contributed by atoms with Crippen molar-refractivity contribution in [3.05, 3.63) is 0 Å². The van der Waals surface area contributed by atoms with E-state index in [-0.39, 0.29) is 6.10 Å². The summed E-state index contributed by atoms with van der Waals surface area (Å²) in [5.74, 6) is 0. The van der Waals surface area contributed by atoms with Crippen molar-refractivity contribution >= 4 is 0 Å². The zero-order chi connectivity index (χ0) is 5.11. The third kappa shape index (κ3) is 1.45. The highest BCUT2D eigenvalue weighted by atomic mass is 16.3. The van der Waals surface area contributed by atoms with Crippen LogP contribution in [-0.2, 0) is 0 Å². The first-order chi connectivity index (χ1) is 3.39. The molecule has 1 aliphatic rings. The molecule has 2 nitrogen and oxygen atoms in total. The molecule has 1 rings (SSSR count). The molecule has 0 amide bonds. The number of rotatable bonds is 0. The Morgan fingerprint density at radius 3 is 2.71 bits per heavy atom. The third-order valence-corrected chi connectivity index (χ3v) is 1.19. The van der Waals surface area contributed by atoms with Gasteiger partial charge in [0.15, 0.2) is 0 Å². The van der Waals surface area contributed by atoms with E-state index in [1.807, 2.05) is 0 Å². The van der Waals surface area contributed by atoms with Crippen LogP contribution in [0.15, 0.2) is 0 Å². The van der Waals surface area contributed by atoms with Crippen LogP contribution in [-0.4, -0.2) is 24.3 Å². The number of aliphatic hydroxyl groups excluding tert-OH is 1. The molecular weight excluding hydrogens is 90.1 g/mol. The number of hydrogen-bond donors (Lipinski definition) is 1. The Hall–Kier alpha value is -0.0800. The van der Waals surface area contributed by atoms with Gasteiger partial charge in [-0.3, -0.25) is 0 Å². The zero-order valence-electron chi connectivity index (χ0n) is 4.30. The molecule has 0 aromatic rings. The van der Waals surface area contributed by atoms with Crippen LogP contribution in [0.3, 0.4) is 0 Å². The summed E-state index contributed by atoms with van der Waals surface area (Å²) in [4.78, 5) is 0. The van der Waals surface area contributed by atoms with Gasteiger partial charge in [-0.25, -0.2) is 5.32 Å². The van der Waals surface area contributed by atoms with E-state index in [0.29, 0.717) is 6.54 Å². The maximum atomic E-state index is 8.82. The number of hydrogen-bond acceptors (Lipinski definition) is 1. The minimum Gasteiger partial charge on any atom is -0.392 e. The maximum Gasteiger partial charge on any atom is 0.0681 e. The molecule has 0 unspecified atom stereocenters. The average Bonchev–Trinajstić information content (AvgIpc) is 1.69. The molecule has 1 atom stereocenters. The molecule has 0 spiro atoms. The molecule has 7 heavy (non-hydrogen) atoms. The average molecular weight is 100 g/mol. The highest BCUT2D eigenvalue weighted by Crippen LogP contribution is 2.00. The van der Waals surface area contributed by atoms with Gasteiger partial charge in [-0.1, -0.05) is 0 Å². The van der Waals surface area contributed by atoms with Crippen LogP contribution < -0.4 is 5.32 Å². The Balaban J connectivity index is 2.12. The van der Waals surface area contributed by atoms with Gasteiger partial charge in [-0.05, 0) is 12.8 Å². The van der Waals surface area contributed by atoms with Gasteiger partial charge in [0.25, 0.3) is 0 Å². The Morgan fingerprint density at radius 1 is 1.57 bits per heavy atom. The second kappa shape index (κ2) is 2.28. The van der Waals surface area contributed by atoms with Crippen molar-refractivity contribution in [2.24, 2.45) is 0 Å². The predicted molar refractivity (Wildman–Crippen MR) is 27.1 cm³/mol. The van der Waals surface area contributed by atoms with Crippen LogP contribution in [0.25, 0.3) is 0 Å². The van der Waals surface area contributed by atoms with Gasteiger partial charge in [0, 0.05) is 13.1 Å². The highest BCUT2D eigenvalue weighted by molar-refractivity contribution is 4.65. The summed E-state index contributed by atoms with van der Waals surface area (Å²) >= 11 is 0. The highest BCUT2D eigenvalue weighted by Gasteiger charge is 2.07. The number of nitrogens with zero attached hydrogens (tertiary/aromatic N) is 1. The molecule has 0 bridgehead atoms.